The van der Waals surface area contributed by atoms with Crippen molar-refractivity contribution in [2.45, 2.75) is 25.4 Å². The number of nitrogens with one attached hydrogen (secondary N) is 1. The van der Waals surface area contributed by atoms with E-state index in [9.17, 15) is 22.8 Å². The van der Waals surface area contributed by atoms with E-state index in [4.69, 9.17) is 0 Å². The van der Waals surface area contributed by atoms with Crippen LogP contribution in [0.1, 0.15) is 17.5 Å². The normalized spacial score (nSPS) is 15.8. The van der Waals surface area contributed by atoms with Crippen molar-refractivity contribution < 1.29 is 22.8 Å². The molecule has 1 N–H and O–H groups in total. The monoisotopic (exact) mass is 361 g/mol. The molecular formula is C18H14F3N3O2. The maximum atomic E-state index is 12.8. The van der Waals surface area contributed by atoms with Crippen molar-refractivity contribution in [3.63, 3.8) is 0 Å². The predicted octanol–water partition coefficient (Wildman–Crippen LogP) is 3.08. The molecule has 0 bridgehead atoms. The molecule has 0 saturated carbocycles. The molecule has 4 rings (SSSR count). The Morgan fingerprint density at radius 2 is 2.04 bits per heavy atom. The first-order valence-corrected chi connectivity index (χ1v) is 8.14. The number of benzene rings is 1. The van der Waals surface area contributed by atoms with Gasteiger partial charge in [0.1, 0.15) is 0 Å². The Kier molecular flexibility index (Phi) is 3.71. The Morgan fingerprint density at radius 1 is 1.23 bits per heavy atom. The maximum absolute atomic E-state index is 12.8. The predicted molar refractivity (Wildman–Crippen MR) is 88.7 cm³/mol. The van der Waals surface area contributed by atoms with E-state index in [-0.39, 0.29) is 11.6 Å². The fourth-order valence-electron chi connectivity index (χ4n) is 3.60. The van der Waals surface area contributed by atoms with Gasteiger partial charge in [-0.1, -0.05) is 6.07 Å². The first-order valence-electron chi connectivity index (χ1n) is 8.14. The molecule has 0 saturated heterocycles. The highest BCUT2D eigenvalue weighted by Crippen LogP contribution is 2.45. The largest absolute Gasteiger partial charge is 0.471 e. The lowest BCUT2D eigenvalue weighted by atomic mass is 9.92. The maximum Gasteiger partial charge on any atom is 0.471 e. The van der Waals surface area contributed by atoms with E-state index < -0.39 is 12.1 Å². The lowest BCUT2D eigenvalue weighted by Gasteiger charge is -2.27. The van der Waals surface area contributed by atoms with Crippen molar-refractivity contribution in [3.05, 3.63) is 41.7 Å². The molecule has 134 valence electrons. The van der Waals surface area contributed by atoms with E-state index >= 15 is 0 Å². The first kappa shape index (κ1) is 16.6. The summed E-state index contributed by atoms with van der Waals surface area (Å²) in [6.45, 7) is 0.409. The van der Waals surface area contributed by atoms with Crippen LogP contribution < -0.4 is 10.2 Å². The topological polar surface area (TPSA) is 62.3 Å². The summed E-state index contributed by atoms with van der Waals surface area (Å²) < 4.78 is 38.5. The van der Waals surface area contributed by atoms with Crippen LogP contribution in [0, 0.1) is 0 Å². The third-order valence-electron chi connectivity index (χ3n) is 4.71. The van der Waals surface area contributed by atoms with Gasteiger partial charge in [0.15, 0.2) is 0 Å². The van der Waals surface area contributed by atoms with Crippen LogP contribution in [0.3, 0.4) is 0 Å². The first-order chi connectivity index (χ1) is 12.4. The lowest BCUT2D eigenvalue weighted by molar-refractivity contribution is -0.167. The summed E-state index contributed by atoms with van der Waals surface area (Å²) in [5.41, 5.74) is 3.33. The lowest BCUT2D eigenvalue weighted by Crippen LogP contribution is -2.33. The second-order valence-corrected chi connectivity index (χ2v) is 6.27. The summed E-state index contributed by atoms with van der Waals surface area (Å²) in [6.07, 6.45) is -0.599. The molecule has 2 aromatic rings. The molecule has 1 aromatic heterocycles. The van der Waals surface area contributed by atoms with Crippen molar-refractivity contribution in [2.24, 2.45) is 0 Å². The molecule has 0 aliphatic carbocycles. The number of halogens is 3. The quantitative estimate of drug-likeness (QED) is 0.894. The number of rotatable bonds is 2. The Morgan fingerprint density at radius 3 is 2.73 bits per heavy atom. The zero-order valence-corrected chi connectivity index (χ0v) is 13.6. The van der Waals surface area contributed by atoms with Crippen molar-refractivity contribution in [1.29, 1.82) is 0 Å². The number of pyridine rings is 1. The Balaban J connectivity index is 1.92. The van der Waals surface area contributed by atoms with Gasteiger partial charge < -0.3 is 10.2 Å². The summed E-state index contributed by atoms with van der Waals surface area (Å²) in [5, 5.41) is 2.03. The molecule has 0 spiro atoms. The highest BCUT2D eigenvalue weighted by atomic mass is 19.4. The molecule has 0 radical (unpaired) electrons. The molecule has 0 atom stereocenters. The van der Waals surface area contributed by atoms with Gasteiger partial charge >= 0.3 is 12.1 Å². The average Bonchev–Trinajstić information content (AvgIpc) is 3.06. The third-order valence-corrected chi connectivity index (χ3v) is 4.71. The number of alkyl halides is 3. The van der Waals surface area contributed by atoms with Crippen LogP contribution in [0.2, 0.25) is 0 Å². The van der Waals surface area contributed by atoms with E-state index in [0.29, 0.717) is 48.2 Å². The van der Waals surface area contributed by atoms with Gasteiger partial charge in [0.05, 0.1) is 11.4 Å². The van der Waals surface area contributed by atoms with Crippen LogP contribution in [0.15, 0.2) is 30.6 Å². The van der Waals surface area contributed by atoms with Crippen molar-refractivity contribution >= 4 is 23.2 Å². The van der Waals surface area contributed by atoms with Gasteiger partial charge in [-0.05, 0) is 30.5 Å². The Hall–Kier alpha value is -2.90. The van der Waals surface area contributed by atoms with Crippen LogP contribution in [0.5, 0.6) is 0 Å². The van der Waals surface area contributed by atoms with Crippen LogP contribution in [0.25, 0.3) is 11.1 Å². The van der Waals surface area contributed by atoms with Crippen molar-refractivity contribution in [3.8, 4) is 11.1 Å². The van der Waals surface area contributed by atoms with E-state index in [1.165, 1.54) is 0 Å². The van der Waals surface area contributed by atoms with Crippen molar-refractivity contribution in [2.75, 3.05) is 16.8 Å². The summed E-state index contributed by atoms with van der Waals surface area (Å²) >= 11 is 0. The molecule has 2 amide bonds. The number of carbonyl (C=O) groups is 2. The van der Waals surface area contributed by atoms with Gasteiger partial charge in [0.2, 0.25) is 5.91 Å². The number of hydrogen-bond donors (Lipinski definition) is 1. The summed E-state index contributed by atoms with van der Waals surface area (Å²) in [7, 11) is 0. The highest BCUT2D eigenvalue weighted by Gasteiger charge is 2.41. The van der Waals surface area contributed by atoms with Crippen LogP contribution in [0.4, 0.5) is 24.5 Å². The summed E-state index contributed by atoms with van der Waals surface area (Å²) in [4.78, 5) is 29.3. The number of carbonyl (C=O) groups excluding carboxylic acids is 2. The minimum Gasteiger partial charge on any atom is -0.317 e. The zero-order chi connectivity index (χ0) is 18.5. The van der Waals surface area contributed by atoms with Gasteiger partial charge in [-0.15, -0.1) is 0 Å². The molecule has 8 heteroatoms. The molecule has 3 heterocycles. The molecule has 26 heavy (non-hydrogen) atoms. The van der Waals surface area contributed by atoms with Gasteiger partial charge in [-0.25, -0.2) is 0 Å². The minimum atomic E-state index is -5.00. The van der Waals surface area contributed by atoms with E-state index in [1.54, 1.807) is 35.5 Å². The van der Waals surface area contributed by atoms with Gasteiger partial charge in [0, 0.05) is 42.0 Å². The standard InChI is InChI=1S/C18H14F3N3O2/c19-18(20,21)17(26)23-15-12-5-7-24-14(25)4-3-10(16(12)24)8-13(15)11-2-1-6-22-9-11/h1-2,6,8-9H,3-5,7H2,(H,23,26). The number of nitrogens with zero attached hydrogens (tertiary/aromatic N) is 2. The number of hydrogen-bond acceptors (Lipinski definition) is 3. The van der Waals surface area contributed by atoms with Crippen LogP contribution in [-0.4, -0.2) is 29.5 Å². The number of aryl methyl sites for hydroxylation is 1. The number of anilines is 2. The number of aromatic nitrogens is 1. The highest BCUT2D eigenvalue weighted by molar-refractivity contribution is 6.05. The third kappa shape index (κ3) is 2.61. The molecular weight excluding hydrogens is 347 g/mol. The van der Waals surface area contributed by atoms with Crippen molar-refractivity contribution in [1.82, 2.24) is 4.98 Å². The SMILES string of the molecule is O=C1CCc2cc(-c3cccnc3)c(NC(=O)C(F)(F)F)c3c2N1CC3. The van der Waals surface area contributed by atoms with E-state index in [1.807, 2.05) is 5.32 Å². The zero-order valence-electron chi connectivity index (χ0n) is 13.6. The summed E-state index contributed by atoms with van der Waals surface area (Å²) in [5.74, 6) is -2.07. The van der Waals surface area contributed by atoms with Gasteiger partial charge in [-0.3, -0.25) is 14.6 Å². The smallest absolute Gasteiger partial charge is 0.317 e. The summed E-state index contributed by atoms with van der Waals surface area (Å²) in [6, 6.07) is 5.16. The molecule has 0 unspecified atom stereocenters. The molecule has 5 nitrogen and oxygen atoms in total. The Labute approximate surface area is 146 Å². The second kappa shape index (κ2) is 5.82. The molecule has 1 aromatic carbocycles. The second-order valence-electron chi connectivity index (χ2n) is 6.27. The average molecular weight is 361 g/mol. The van der Waals surface area contributed by atoms with E-state index in [2.05, 4.69) is 4.98 Å². The van der Waals surface area contributed by atoms with Crippen LogP contribution in [-0.2, 0) is 22.4 Å². The molecule has 0 fully saturated rings. The van der Waals surface area contributed by atoms with E-state index in [0.717, 1.165) is 5.56 Å². The fraction of sp³-hybridized carbons (Fsp3) is 0.278. The van der Waals surface area contributed by atoms with Gasteiger partial charge in [0.25, 0.3) is 0 Å². The Bertz CT molecular complexity index is 910. The fourth-order valence-corrected chi connectivity index (χ4v) is 3.60. The van der Waals surface area contributed by atoms with Gasteiger partial charge in [-0.2, -0.15) is 13.2 Å². The van der Waals surface area contributed by atoms with Crippen LogP contribution >= 0.6 is 0 Å². The minimum absolute atomic E-state index is 0.0431. The molecule has 2 aliphatic rings. The number of amides is 2. The molecule has 2 aliphatic heterocycles.